The van der Waals surface area contributed by atoms with Crippen molar-refractivity contribution < 1.29 is 9.53 Å². The third kappa shape index (κ3) is 4.59. The van der Waals surface area contributed by atoms with Crippen molar-refractivity contribution in [2.45, 2.75) is 39.7 Å². The van der Waals surface area contributed by atoms with Crippen molar-refractivity contribution in [1.82, 2.24) is 5.32 Å². The summed E-state index contributed by atoms with van der Waals surface area (Å²) < 4.78 is 5.81. The Bertz CT molecular complexity index is 652. The maximum absolute atomic E-state index is 12.2. The lowest BCUT2D eigenvalue weighted by Crippen LogP contribution is -2.38. The summed E-state index contributed by atoms with van der Waals surface area (Å²) in [5.41, 5.74) is 3.45. The van der Waals surface area contributed by atoms with Crippen LogP contribution in [0.25, 0.3) is 0 Å². The zero-order valence-corrected chi connectivity index (χ0v) is 14.3. The topological polar surface area (TPSA) is 38.3 Å². The van der Waals surface area contributed by atoms with E-state index in [0.717, 1.165) is 16.9 Å². The molecule has 0 aliphatic rings. The standard InChI is InChI=1S/C20H25NO2/c1-14-9-8-12-19(16(14)3)23-17(4)20(22)21-13-15(2)18-10-6-5-7-11-18/h5-12,15,17H,13H2,1-4H3,(H,21,22)/t15-,17-/m0/s1. The summed E-state index contributed by atoms with van der Waals surface area (Å²) in [7, 11) is 0. The van der Waals surface area contributed by atoms with Gasteiger partial charge in [0.05, 0.1) is 0 Å². The van der Waals surface area contributed by atoms with E-state index < -0.39 is 6.10 Å². The molecule has 2 rings (SSSR count). The first-order valence-corrected chi connectivity index (χ1v) is 8.04. The first-order valence-electron chi connectivity index (χ1n) is 8.04. The number of carbonyl (C=O) groups is 1. The molecule has 2 aromatic carbocycles. The number of hydrogen-bond donors (Lipinski definition) is 1. The Labute approximate surface area is 138 Å². The molecule has 3 heteroatoms. The van der Waals surface area contributed by atoms with Crippen LogP contribution in [0.2, 0.25) is 0 Å². The summed E-state index contributed by atoms with van der Waals surface area (Å²) >= 11 is 0. The van der Waals surface area contributed by atoms with Gasteiger partial charge < -0.3 is 10.1 Å². The number of amides is 1. The highest BCUT2D eigenvalue weighted by molar-refractivity contribution is 5.80. The van der Waals surface area contributed by atoms with Crippen molar-refractivity contribution >= 4 is 5.91 Å². The van der Waals surface area contributed by atoms with Crippen LogP contribution >= 0.6 is 0 Å². The highest BCUT2D eigenvalue weighted by Crippen LogP contribution is 2.21. The smallest absolute Gasteiger partial charge is 0.260 e. The van der Waals surface area contributed by atoms with E-state index in [4.69, 9.17) is 4.74 Å². The molecule has 1 N–H and O–H groups in total. The number of rotatable bonds is 6. The van der Waals surface area contributed by atoms with Gasteiger partial charge in [-0.25, -0.2) is 0 Å². The molecule has 0 aliphatic heterocycles. The molecule has 2 aromatic rings. The Morgan fingerprint density at radius 3 is 2.43 bits per heavy atom. The second-order valence-electron chi connectivity index (χ2n) is 6.02. The molecule has 0 bridgehead atoms. The van der Waals surface area contributed by atoms with E-state index in [-0.39, 0.29) is 11.8 Å². The van der Waals surface area contributed by atoms with Crippen molar-refractivity contribution in [3.8, 4) is 5.75 Å². The average Bonchev–Trinajstić information content (AvgIpc) is 2.57. The van der Waals surface area contributed by atoms with E-state index in [0.29, 0.717) is 6.54 Å². The third-order valence-electron chi connectivity index (χ3n) is 4.18. The molecular weight excluding hydrogens is 286 g/mol. The van der Waals surface area contributed by atoms with Crippen molar-refractivity contribution in [2.75, 3.05) is 6.54 Å². The molecule has 0 unspecified atom stereocenters. The van der Waals surface area contributed by atoms with E-state index in [1.807, 2.05) is 50.2 Å². The molecule has 2 atom stereocenters. The van der Waals surface area contributed by atoms with Gasteiger partial charge in [0.15, 0.2) is 6.10 Å². The minimum atomic E-state index is -0.515. The van der Waals surface area contributed by atoms with Crippen LogP contribution in [-0.4, -0.2) is 18.6 Å². The van der Waals surface area contributed by atoms with Gasteiger partial charge in [0.1, 0.15) is 5.75 Å². The van der Waals surface area contributed by atoms with Crippen LogP contribution in [0.4, 0.5) is 0 Å². The second-order valence-corrected chi connectivity index (χ2v) is 6.02. The van der Waals surface area contributed by atoms with Gasteiger partial charge in [0.25, 0.3) is 5.91 Å². The number of aryl methyl sites for hydroxylation is 1. The molecule has 23 heavy (non-hydrogen) atoms. The number of carbonyl (C=O) groups excluding carboxylic acids is 1. The summed E-state index contributed by atoms with van der Waals surface area (Å²) in [6.45, 7) is 8.53. The van der Waals surface area contributed by atoms with Crippen LogP contribution in [0.15, 0.2) is 48.5 Å². The van der Waals surface area contributed by atoms with Crippen molar-refractivity contribution in [2.24, 2.45) is 0 Å². The minimum Gasteiger partial charge on any atom is -0.481 e. The molecule has 0 aliphatic carbocycles. The molecule has 1 amide bonds. The molecule has 3 nitrogen and oxygen atoms in total. The zero-order valence-electron chi connectivity index (χ0n) is 14.3. The predicted octanol–water partition coefficient (Wildman–Crippen LogP) is 3.99. The van der Waals surface area contributed by atoms with E-state index in [1.165, 1.54) is 5.56 Å². The molecule has 0 radical (unpaired) electrons. The highest BCUT2D eigenvalue weighted by atomic mass is 16.5. The Balaban J connectivity index is 1.89. The predicted molar refractivity (Wildman–Crippen MR) is 93.9 cm³/mol. The Morgan fingerprint density at radius 1 is 1.04 bits per heavy atom. The lowest BCUT2D eigenvalue weighted by atomic mass is 10.0. The van der Waals surface area contributed by atoms with Crippen LogP contribution < -0.4 is 10.1 Å². The molecule has 0 saturated carbocycles. The number of nitrogens with one attached hydrogen (secondary N) is 1. The fraction of sp³-hybridized carbons (Fsp3) is 0.350. The third-order valence-corrected chi connectivity index (χ3v) is 4.18. The summed E-state index contributed by atoms with van der Waals surface area (Å²) in [5.74, 6) is 0.950. The van der Waals surface area contributed by atoms with E-state index in [2.05, 4.69) is 24.4 Å². The van der Waals surface area contributed by atoms with Crippen molar-refractivity contribution in [3.63, 3.8) is 0 Å². The molecule has 0 fully saturated rings. The van der Waals surface area contributed by atoms with Gasteiger partial charge in [0.2, 0.25) is 0 Å². The summed E-state index contributed by atoms with van der Waals surface area (Å²) in [5, 5.41) is 2.97. The lowest BCUT2D eigenvalue weighted by molar-refractivity contribution is -0.127. The Hall–Kier alpha value is -2.29. The summed E-state index contributed by atoms with van der Waals surface area (Å²) in [6.07, 6.45) is -0.515. The van der Waals surface area contributed by atoms with Crippen molar-refractivity contribution in [3.05, 3.63) is 65.2 Å². The van der Waals surface area contributed by atoms with Crippen LogP contribution in [0.3, 0.4) is 0 Å². The van der Waals surface area contributed by atoms with Crippen molar-refractivity contribution in [1.29, 1.82) is 0 Å². The van der Waals surface area contributed by atoms with Gasteiger partial charge in [-0.05, 0) is 49.4 Å². The van der Waals surface area contributed by atoms with Crippen LogP contribution in [0, 0.1) is 13.8 Å². The largest absolute Gasteiger partial charge is 0.481 e. The minimum absolute atomic E-state index is 0.0892. The first kappa shape index (κ1) is 17.1. The molecular formula is C20H25NO2. The average molecular weight is 311 g/mol. The molecule has 0 aromatic heterocycles. The number of benzene rings is 2. The van der Waals surface area contributed by atoms with E-state index in [1.54, 1.807) is 6.92 Å². The summed E-state index contributed by atoms with van der Waals surface area (Å²) in [4.78, 5) is 12.2. The van der Waals surface area contributed by atoms with Crippen LogP contribution in [-0.2, 0) is 4.79 Å². The second kappa shape index (κ2) is 7.82. The van der Waals surface area contributed by atoms with Crippen LogP contribution in [0.1, 0.15) is 36.5 Å². The van der Waals surface area contributed by atoms with Gasteiger partial charge in [0, 0.05) is 6.54 Å². The van der Waals surface area contributed by atoms with Crippen LogP contribution in [0.5, 0.6) is 5.75 Å². The van der Waals surface area contributed by atoms with E-state index >= 15 is 0 Å². The highest BCUT2D eigenvalue weighted by Gasteiger charge is 2.17. The SMILES string of the molecule is Cc1cccc(O[C@@H](C)C(=O)NC[C@H](C)c2ccccc2)c1C. The molecule has 0 heterocycles. The number of ether oxygens (including phenoxy) is 1. The maximum atomic E-state index is 12.2. The monoisotopic (exact) mass is 311 g/mol. The quantitative estimate of drug-likeness (QED) is 0.876. The van der Waals surface area contributed by atoms with Gasteiger partial charge in [-0.2, -0.15) is 0 Å². The maximum Gasteiger partial charge on any atom is 0.260 e. The van der Waals surface area contributed by atoms with Gasteiger partial charge in [-0.1, -0.05) is 49.4 Å². The molecule has 122 valence electrons. The molecule has 0 saturated heterocycles. The number of hydrogen-bond acceptors (Lipinski definition) is 2. The van der Waals surface area contributed by atoms with Gasteiger partial charge in [-0.3, -0.25) is 4.79 Å². The fourth-order valence-electron chi connectivity index (χ4n) is 2.39. The fourth-order valence-corrected chi connectivity index (χ4v) is 2.39. The lowest BCUT2D eigenvalue weighted by Gasteiger charge is -2.19. The Kier molecular flexibility index (Phi) is 5.80. The van der Waals surface area contributed by atoms with Gasteiger partial charge in [-0.15, -0.1) is 0 Å². The zero-order chi connectivity index (χ0) is 16.8. The molecule has 0 spiro atoms. The summed E-state index contributed by atoms with van der Waals surface area (Å²) in [6, 6.07) is 16.1. The van der Waals surface area contributed by atoms with E-state index in [9.17, 15) is 4.79 Å². The normalized spacial score (nSPS) is 13.2. The Morgan fingerprint density at radius 2 is 1.74 bits per heavy atom. The first-order chi connectivity index (χ1) is 11.0. The van der Waals surface area contributed by atoms with Gasteiger partial charge >= 0.3 is 0 Å².